The van der Waals surface area contributed by atoms with E-state index >= 15 is 0 Å². The zero-order valence-electron chi connectivity index (χ0n) is 10.9. The predicted molar refractivity (Wildman–Crippen MR) is 68.2 cm³/mol. The van der Waals surface area contributed by atoms with Gasteiger partial charge in [0, 0.05) is 12.8 Å². The Bertz CT molecular complexity index is 469. The van der Waals surface area contributed by atoms with Crippen LogP contribution in [0.15, 0.2) is 24.3 Å². The van der Waals surface area contributed by atoms with Gasteiger partial charge in [-0.25, -0.2) is 4.39 Å². The number of hydrogen-bond acceptors (Lipinski definition) is 3. The Morgan fingerprint density at radius 3 is 2.37 bits per heavy atom. The van der Waals surface area contributed by atoms with E-state index in [1.165, 1.54) is 12.1 Å². The summed E-state index contributed by atoms with van der Waals surface area (Å²) in [4.78, 5) is 23.7. The lowest BCUT2D eigenvalue weighted by atomic mass is 9.69. The Morgan fingerprint density at radius 2 is 1.84 bits per heavy atom. The molecule has 102 valence electrons. The van der Waals surface area contributed by atoms with Crippen LogP contribution in [0, 0.1) is 5.82 Å². The molecular formula is C15H17FO3. The largest absolute Gasteiger partial charge is 0.465 e. The first-order chi connectivity index (χ1) is 9.08. The van der Waals surface area contributed by atoms with Crippen molar-refractivity contribution in [2.45, 2.75) is 38.0 Å². The number of hydrogen-bond donors (Lipinski definition) is 0. The maximum absolute atomic E-state index is 13.0. The molecule has 1 fully saturated rings. The molecule has 0 spiro atoms. The molecule has 0 aromatic heterocycles. The first-order valence-corrected chi connectivity index (χ1v) is 6.53. The predicted octanol–water partition coefficient (Wildman–Crippen LogP) is 2.77. The number of benzene rings is 1. The summed E-state index contributed by atoms with van der Waals surface area (Å²) in [5.74, 6) is -0.481. The van der Waals surface area contributed by atoms with Gasteiger partial charge in [-0.1, -0.05) is 12.1 Å². The van der Waals surface area contributed by atoms with Crippen LogP contribution in [0.1, 0.15) is 38.2 Å². The van der Waals surface area contributed by atoms with Crippen LogP contribution >= 0.6 is 0 Å². The highest BCUT2D eigenvalue weighted by molar-refractivity contribution is 5.88. The topological polar surface area (TPSA) is 43.4 Å². The van der Waals surface area contributed by atoms with Crippen molar-refractivity contribution < 1.29 is 18.7 Å². The molecule has 0 atom stereocenters. The van der Waals surface area contributed by atoms with Crippen molar-refractivity contribution in [2.24, 2.45) is 0 Å². The molecule has 0 amide bonds. The first kappa shape index (κ1) is 13.7. The van der Waals surface area contributed by atoms with Crippen LogP contribution in [0.5, 0.6) is 0 Å². The van der Waals surface area contributed by atoms with Gasteiger partial charge in [0.2, 0.25) is 0 Å². The summed E-state index contributed by atoms with van der Waals surface area (Å²) in [6.07, 6.45) is 1.62. The molecule has 1 aliphatic carbocycles. The van der Waals surface area contributed by atoms with Crippen LogP contribution in [0.3, 0.4) is 0 Å². The van der Waals surface area contributed by atoms with Crippen molar-refractivity contribution in [1.82, 2.24) is 0 Å². The quantitative estimate of drug-likeness (QED) is 0.788. The van der Waals surface area contributed by atoms with Crippen LogP contribution in [-0.4, -0.2) is 18.4 Å². The fraction of sp³-hybridized carbons (Fsp3) is 0.467. The first-order valence-electron chi connectivity index (χ1n) is 6.53. The Balaban J connectivity index is 2.36. The third-order valence-corrected chi connectivity index (χ3v) is 3.72. The normalized spacial score (nSPS) is 18.1. The van der Waals surface area contributed by atoms with Gasteiger partial charge in [0.05, 0.1) is 12.0 Å². The van der Waals surface area contributed by atoms with Crippen LogP contribution in [-0.2, 0) is 19.7 Å². The molecule has 1 aliphatic rings. The Kier molecular flexibility index (Phi) is 3.98. The summed E-state index contributed by atoms with van der Waals surface area (Å²) >= 11 is 0. The van der Waals surface area contributed by atoms with E-state index in [0.717, 1.165) is 5.56 Å². The minimum absolute atomic E-state index is 0.169. The summed E-state index contributed by atoms with van der Waals surface area (Å²) < 4.78 is 18.2. The second-order valence-electron chi connectivity index (χ2n) is 4.85. The van der Waals surface area contributed by atoms with E-state index in [1.807, 2.05) is 0 Å². The van der Waals surface area contributed by atoms with E-state index in [0.29, 0.717) is 32.3 Å². The third kappa shape index (κ3) is 2.67. The number of carbonyl (C=O) groups excluding carboxylic acids is 2. The van der Waals surface area contributed by atoms with E-state index in [2.05, 4.69) is 0 Å². The van der Waals surface area contributed by atoms with Crippen molar-refractivity contribution in [2.75, 3.05) is 6.61 Å². The van der Waals surface area contributed by atoms with Gasteiger partial charge in [0.15, 0.2) is 0 Å². The average Bonchev–Trinajstić information content (AvgIpc) is 2.41. The van der Waals surface area contributed by atoms with Gasteiger partial charge in [-0.2, -0.15) is 0 Å². The zero-order chi connectivity index (χ0) is 13.9. The van der Waals surface area contributed by atoms with E-state index < -0.39 is 5.41 Å². The molecule has 1 aromatic carbocycles. The number of rotatable bonds is 3. The smallest absolute Gasteiger partial charge is 0.316 e. The molecule has 0 aliphatic heterocycles. The molecule has 19 heavy (non-hydrogen) atoms. The Hall–Kier alpha value is -1.71. The number of carbonyl (C=O) groups is 2. The minimum atomic E-state index is -0.794. The van der Waals surface area contributed by atoms with E-state index in [1.54, 1.807) is 19.1 Å². The van der Waals surface area contributed by atoms with Crippen LogP contribution in [0.4, 0.5) is 4.39 Å². The van der Waals surface area contributed by atoms with Crippen molar-refractivity contribution in [3.05, 3.63) is 35.6 Å². The summed E-state index contributed by atoms with van der Waals surface area (Å²) in [7, 11) is 0. The lowest BCUT2D eigenvalue weighted by Crippen LogP contribution is -2.41. The monoisotopic (exact) mass is 264 g/mol. The van der Waals surface area contributed by atoms with Gasteiger partial charge in [0.1, 0.15) is 11.6 Å². The third-order valence-electron chi connectivity index (χ3n) is 3.72. The number of halogens is 1. The lowest BCUT2D eigenvalue weighted by molar-refractivity contribution is -0.152. The van der Waals surface area contributed by atoms with Crippen LogP contribution in [0.25, 0.3) is 0 Å². The lowest BCUT2D eigenvalue weighted by Gasteiger charge is -2.34. The maximum atomic E-state index is 13.0. The van der Waals surface area contributed by atoms with Crippen molar-refractivity contribution in [3.63, 3.8) is 0 Å². The molecule has 3 nitrogen and oxygen atoms in total. The molecule has 0 radical (unpaired) electrons. The number of Topliss-reactive ketones (excluding diaryl/α,β-unsaturated/α-hetero) is 1. The van der Waals surface area contributed by atoms with Gasteiger partial charge in [-0.3, -0.25) is 9.59 Å². The molecule has 1 saturated carbocycles. The van der Waals surface area contributed by atoms with E-state index in [4.69, 9.17) is 4.74 Å². The highest BCUT2D eigenvalue weighted by atomic mass is 19.1. The Morgan fingerprint density at radius 1 is 1.26 bits per heavy atom. The van der Waals surface area contributed by atoms with Crippen LogP contribution < -0.4 is 0 Å². The number of ketones is 1. The van der Waals surface area contributed by atoms with Crippen molar-refractivity contribution in [3.8, 4) is 0 Å². The zero-order valence-corrected chi connectivity index (χ0v) is 10.9. The second-order valence-corrected chi connectivity index (χ2v) is 4.85. The molecule has 0 unspecified atom stereocenters. The molecular weight excluding hydrogens is 247 g/mol. The average molecular weight is 264 g/mol. The summed E-state index contributed by atoms with van der Waals surface area (Å²) in [5, 5.41) is 0. The number of ether oxygens (including phenoxy) is 1. The van der Waals surface area contributed by atoms with Gasteiger partial charge in [-0.05, 0) is 37.5 Å². The summed E-state index contributed by atoms with van der Waals surface area (Å²) in [6.45, 7) is 2.06. The van der Waals surface area contributed by atoms with Gasteiger partial charge >= 0.3 is 5.97 Å². The van der Waals surface area contributed by atoms with E-state index in [-0.39, 0.29) is 17.6 Å². The molecule has 0 bridgehead atoms. The molecule has 0 N–H and O–H groups in total. The van der Waals surface area contributed by atoms with Crippen molar-refractivity contribution in [1.29, 1.82) is 0 Å². The second kappa shape index (κ2) is 5.51. The van der Waals surface area contributed by atoms with Gasteiger partial charge < -0.3 is 4.74 Å². The summed E-state index contributed by atoms with van der Waals surface area (Å²) in [5.41, 5.74) is -0.0581. The standard InChI is InChI=1S/C15H17FO3/c1-2-19-14(18)15(9-7-13(17)8-10-15)11-3-5-12(16)6-4-11/h3-6H,2,7-10H2,1H3. The minimum Gasteiger partial charge on any atom is -0.465 e. The van der Waals surface area contributed by atoms with Gasteiger partial charge in [-0.15, -0.1) is 0 Å². The fourth-order valence-corrected chi connectivity index (χ4v) is 2.60. The molecule has 4 heteroatoms. The van der Waals surface area contributed by atoms with E-state index in [9.17, 15) is 14.0 Å². The van der Waals surface area contributed by atoms with Crippen molar-refractivity contribution >= 4 is 11.8 Å². The molecule has 0 saturated heterocycles. The van der Waals surface area contributed by atoms with Gasteiger partial charge in [0.25, 0.3) is 0 Å². The molecule has 1 aromatic rings. The SMILES string of the molecule is CCOC(=O)C1(c2ccc(F)cc2)CCC(=O)CC1. The summed E-state index contributed by atoms with van der Waals surface area (Å²) in [6, 6.07) is 5.91. The highest BCUT2D eigenvalue weighted by Crippen LogP contribution is 2.39. The Labute approximate surface area is 111 Å². The molecule has 0 heterocycles. The highest BCUT2D eigenvalue weighted by Gasteiger charge is 2.44. The maximum Gasteiger partial charge on any atom is 0.316 e. The fourth-order valence-electron chi connectivity index (χ4n) is 2.60. The number of esters is 1. The van der Waals surface area contributed by atoms with Crippen LogP contribution in [0.2, 0.25) is 0 Å². The molecule has 2 rings (SSSR count).